The Morgan fingerprint density at radius 3 is 2.46 bits per heavy atom. The van der Waals surface area contributed by atoms with E-state index in [0.717, 1.165) is 26.3 Å². The van der Waals surface area contributed by atoms with Gasteiger partial charge in [-0.1, -0.05) is 49.4 Å². The number of benzene rings is 2. The number of halogens is 1. The molecule has 0 N–H and O–H groups in total. The van der Waals surface area contributed by atoms with Gasteiger partial charge in [-0.25, -0.2) is 4.98 Å². The van der Waals surface area contributed by atoms with E-state index in [0.29, 0.717) is 11.6 Å². The van der Waals surface area contributed by atoms with Crippen LogP contribution in [0.3, 0.4) is 0 Å². The van der Waals surface area contributed by atoms with Crippen molar-refractivity contribution >= 4 is 44.0 Å². The summed E-state index contributed by atoms with van der Waals surface area (Å²) in [5, 5.41) is 0.699. The third-order valence-electron chi connectivity index (χ3n) is 3.67. The van der Waals surface area contributed by atoms with Crippen LogP contribution in [-0.2, 0) is 4.79 Å². The fourth-order valence-corrected chi connectivity index (χ4v) is 3.90. The molecule has 0 atom stereocenters. The summed E-state index contributed by atoms with van der Waals surface area (Å²) < 4.78 is 0.876. The van der Waals surface area contributed by atoms with Crippen LogP contribution in [0.5, 0.6) is 0 Å². The van der Waals surface area contributed by atoms with Crippen LogP contribution in [0.1, 0.15) is 18.2 Å². The number of rotatable bonds is 4. The molecule has 0 spiro atoms. The van der Waals surface area contributed by atoms with E-state index in [4.69, 9.17) is 4.98 Å². The first kappa shape index (κ1) is 16.9. The average Bonchev–Trinajstić information content (AvgIpc) is 2.98. The number of hydrogen-bond acceptors (Lipinski definition) is 3. The Labute approximate surface area is 154 Å². The van der Waals surface area contributed by atoms with Gasteiger partial charge in [0, 0.05) is 21.3 Å². The minimum Gasteiger partial charge on any atom is -0.274 e. The van der Waals surface area contributed by atoms with Crippen LogP contribution in [0.2, 0.25) is 0 Å². The highest BCUT2D eigenvalue weighted by Crippen LogP contribution is 2.38. The largest absolute Gasteiger partial charge is 0.274 e. The lowest BCUT2D eigenvalue weighted by molar-refractivity contribution is -0.117. The summed E-state index contributed by atoms with van der Waals surface area (Å²) in [6.07, 6.45) is 0.417. The molecule has 0 bridgehead atoms. The van der Waals surface area contributed by atoms with E-state index in [1.165, 1.54) is 11.3 Å². The summed E-state index contributed by atoms with van der Waals surface area (Å²) in [7, 11) is 0. The smallest absolute Gasteiger partial charge is 0.233 e. The van der Waals surface area contributed by atoms with Gasteiger partial charge >= 0.3 is 0 Å². The minimum atomic E-state index is 0.0234. The number of thiazole rings is 1. The van der Waals surface area contributed by atoms with Crippen molar-refractivity contribution in [2.45, 2.75) is 20.3 Å². The van der Waals surface area contributed by atoms with E-state index < -0.39 is 0 Å². The normalized spacial score (nSPS) is 10.6. The number of anilines is 2. The molecule has 0 fully saturated rings. The molecule has 0 unspecified atom stereocenters. The van der Waals surface area contributed by atoms with Crippen LogP contribution in [-0.4, -0.2) is 10.9 Å². The van der Waals surface area contributed by atoms with Crippen molar-refractivity contribution in [3.05, 3.63) is 63.9 Å². The van der Waals surface area contributed by atoms with Gasteiger partial charge in [-0.3, -0.25) is 9.69 Å². The lowest BCUT2D eigenvalue weighted by atomic mass is 10.1. The second-order valence-electron chi connectivity index (χ2n) is 5.30. The number of carbonyl (C=O) groups is 1. The molecule has 3 aromatic rings. The molecule has 24 heavy (non-hydrogen) atoms. The number of carbonyl (C=O) groups excluding carboxylic acids is 1. The second-order valence-corrected chi connectivity index (χ2v) is 7.34. The van der Waals surface area contributed by atoms with E-state index in [9.17, 15) is 4.79 Å². The first-order valence-electron chi connectivity index (χ1n) is 7.72. The molecule has 3 nitrogen and oxygen atoms in total. The van der Waals surface area contributed by atoms with Crippen LogP contribution < -0.4 is 4.90 Å². The molecular formula is C19H17BrN2OS. The third-order valence-corrected chi connectivity index (χ3v) is 5.30. The molecule has 122 valence electrons. The van der Waals surface area contributed by atoms with Crippen molar-refractivity contribution in [1.82, 2.24) is 4.98 Å². The summed E-state index contributed by atoms with van der Waals surface area (Å²) in [6, 6.07) is 17.8. The van der Waals surface area contributed by atoms with Gasteiger partial charge < -0.3 is 0 Å². The quantitative estimate of drug-likeness (QED) is 0.541. The molecule has 1 amide bonds. The van der Waals surface area contributed by atoms with E-state index in [1.54, 1.807) is 4.90 Å². The highest BCUT2D eigenvalue weighted by Gasteiger charge is 2.23. The third kappa shape index (κ3) is 3.28. The molecule has 5 heteroatoms. The Hall–Kier alpha value is -1.98. The molecule has 0 saturated carbocycles. The summed E-state index contributed by atoms with van der Waals surface area (Å²) in [6.45, 7) is 3.91. The van der Waals surface area contributed by atoms with E-state index >= 15 is 0 Å². The first-order chi connectivity index (χ1) is 11.6. The van der Waals surface area contributed by atoms with Crippen LogP contribution in [0.4, 0.5) is 10.8 Å². The average molecular weight is 401 g/mol. The fourth-order valence-electron chi connectivity index (χ4n) is 2.48. The standard InChI is InChI=1S/C19H17BrN2OS/c1-3-17(23)22(16-12-8-7-11-15(16)20)19-21-18(13(2)24-19)14-9-5-4-6-10-14/h4-12H,3H2,1-2H3. The predicted octanol–water partition coefficient (Wildman–Crippen LogP) is 5.96. The van der Waals surface area contributed by atoms with Gasteiger partial charge in [0.25, 0.3) is 0 Å². The summed E-state index contributed by atoms with van der Waals surface area (Å²) >= 11 is 5.08. The molecule has 0 radical (unpaired) electrons. The van der Waals surface area contributed by atoms with Crippen LogP contribution in [0.25, 0.3) is 11.3 Å². The fraction of sp³-hybridized carbons (Fsp3) is 0.158. The van der Waals surface area contributed by atoms with Crippen molar-refractivity contribution in [2.24, 2.45) is 0 Å². The van der Waals surface area contributed by atoms with Gasteiger partial charge in [-0.2, -0.15) is 0 Å². The molecule has 0 aliphatic carbocycles. The van der Waals surface area contributed by atoms with Crippen molar-refractivity contribution in [3.8, 4) is 11.3 Å². The van der Waals surface area contributed by atoms with E-state index in [1.807, 2.05) is 68.4 Å². The minimum absolute atomic E-state index is 0.0234. The Morgan fingerprint density at radius 1 is 1.12 bits per heavy atom. The topological polar surface area (TPSA) is 33.2 Å². The SMILES string of the molecule is CCC(=O)N(c1nc(-c2ccccc2)c(C)s1)c1ccccc1Br. The molecule has 1 heterocycles. The summed E-state index contributed by atoms with van der Waals surface area (Å²) in [5.41, 5.74) is 2.81. The summed E-state index contributed by atoms with van der Waals surface area (Å²) in [4.78, 5) is 20.2. The molecule has 1 aromatic heterocycles. The molecule has 0 aliphatic rings. The molecule has 3 rings (SSSR count). The van der Waals surface area contributed by atoms with Gasteiger partial charge in [0.15, 0.2) is 5.13 Å². The Morgan fingerprint density at radius 2 is 1.79 bits per heavy atom. The maximum Gasteiger partial charge on any atom is 0.233 e. The van der Waals surface area contributed by atoms with Gasteiger partial charge in [0.1, 0.15) is 0 Å². The van der Waals surface area contributed by atoms with Crippen molar-refractivity contribution < 1.29 is 4.79 Å². The maximum atomic E-state index is 12.6. The molecular weight excluding hydrogens is 384 g/mol. The van der Waals surface area contributed by atoms with Gasteiger partial charge in [-0.05, 0) is 35.0 Å². The van der Waals surface area contributed by atoms with Crippen molar-refractivity contribution in [3.63, 3.8) is 0 Å². The lowest BCUT2D eigenvalue weighted by Gasteiger charge is -2.20. The molecule has 2 aromatic carbocycles. The number of para-hydroxylation sites is 1. The Bertz CT molecular complexity index is 861. The van der Waals surface area contributed by atoms with Crippen molar-refractivity contribution in [1.29, 1.82) is 0 Å². The van der Waals surface area contributed by atoms with E-state index in [-0.39, 0.29) is 5.91 Å². The number of hydrogen-bond donors (Lipinski definition) is 0. The van der Waals surface area contributed by atoms with Crippen LogP contribution >= 0.6 is 27.3 Å². The Balaban J connectivity index is 2.10. The van der Waals surface area contributed by atoms with Crippen LogP contribution in [0.15, 0.2) is 59.1 Å². The molecule has 0 aliphatic heterocycles. The zero-order valence-electron chi connectivity index (χ0n) is 13.5. The number of aromatic nitrogens is 1. The summed E-state index contributed by atoms with van der Waals surface area (Å²) in [5.74, 6) is 0.0234. The predicted molar refractivity (Wildman–Crippen MR) is 104 cm³/mol. The molecule has 0 saturated heterocycles. The van der Waals surface area contributed by atoms with Crippen LogP contribution in [0, 0.1) is 6.92 Å². The number of aryl methyl sites for hydroxylation is 1. The van der Waals surface area contributed by atoms with Gasteiger partial charge in [0.05, 0.1) is 11.4 Å². The zero-order valence-corrected chi connectivity index (χ0v) is 15.9. The zero-order chi connectivity index (χ0) is 17.1. The van der Waals surface area contributed by atoms with E-state index in [2.05, 4.69) is 15.9 Å². The number of amides is 1. The number of nitrogens with zero attached hydrogens (tertiary/aromatic N) is 2. The first-order valence-corrected chi connectivity index (χ1v) is 9.33. The monoisotopic (exact) mass is 400 g/mol. The Kier molecular flexibility index (Phi) is 5.11. The second kappa shape index (κ2) is 7.28. The lowest BCUT2D eigenvalue weighted by Crippen LogP contribution is -2.25. The highest BCUT2D eigenvalue weighted by atomic mass is 79.9. The highest BCUT2D eigenvalue weighted by molar-refractivity contribution is 9.10. The van der Waals surface area contributed by atoms with Crippen molar-refractivity contribution in [2.75, 3.05) is 4.90 Å². The van der Waals surface area contributed by atoms with Gasteiger partial charge in [-0.15, -0.1) is 11.3 Å². The van der Waals surface area contributed by atoms with Gasteiger partial charge in [0.2, 0.25) is 5.91 Å². The maximum absolute atomic E-state index is 12.6.